The smallest absolute Gasteiger partial charge is 0.160 e. The van der Waals surface area contributed by atoms with Gasteiger partial charge in [-0.1, -0.05) is 111 Å². The van der Waals surface area contributed by atoms with E-state index in [2.05, 4.69) is 105 Å². The van der Waals surface area contributed by atoms with Crippen LogP contribution < -0.4 is 0 Å². The van der Waals surface area contributed by atoms with Crippen LogP contribution in [0.15, 0.2) is 125 Å². The zero-order valence-electron chi connectivity index (χ0n) is 22.2. The van der Waals surface area contributed by atoms with Gasteiger partial charge in [0.2, 0.25) is 0 Å². The van der Waals surface area contributed by atoms with Crippen molar-refractivity contribution in [3.05, 3.63) is 132 Å². The Bertz CT molecular complexity index is 1960. The van der Waals surface area contributed by atoms with Crippen LogP contribution in [0.5, 0.6) is 0 Å². The van der Waals surface area contributed by atoms with Crippen LogP contribution in [0.4, 0.5) is 0 Å². The molecule has 0 bridgehead atoms. The van der Waals surface area contributed by atoms with Crippen LogP contribution in [0.2, 0.25) is 0 Å². The highest BCUT2D eigenvalue weighted by atomic mass is 32.2. The number of fused-ring (bicyclic) bond motifs is 3. The molecular weight excluding hydrogens is 506 g/mol. The lowest BCUT2D eigenvalue weighted by Crippen LogP contribution is -2.23. The molecule has 0 unspecified atom stereocenters. The van der Waals surface area contributed by atoms with Gasteiger partial charge in [-0.15, -0.1) is 0 Å². The molecule has 0 aliphatic carbocycles. The van der Waals surface area contributed by atoms with Crippen molar-refractivity contribution < 1.29 is 0 Å². The molecule has 0 saturated heterocycles. The molecule has 0 saturated carbocycles. The number of hydrogen-bond acceptors (Lipinski definition) is 4. The summed E-state index contributed by atoms with van der Waals surface area (Å²) < 4.78 is 0. The Hall–Kier alpha value is -4.72. The molecule has 3 nitrogen and oxygen atoms in total. The SMILES string of the molecule is CC1(C)c2ccc(-c3cc(-c4cccc5ccccc45)nc(-c4ccccc4)n3)cc2Sc2ccc(C#N)cc21. The summed E-state index contributed by atoms with van der Waals surface area (Å²) in [5.41, 5.74) is 7.87. The summed E-state index contributed by atoms with van der Waals surface area (Å²) in [6.07, 6.45) is 0. The topological polar surface area (TPSA) is 49.6 Å². The standard InChI is InChI=1S/C36H25N3S/c1-36(2)29-17-16-26(20-34(29)40-33-18-15-23(22-37)19-30(33)36)31-21-32(39-35(38-31)25-10-4-3-5-11-25)28-14-8-12-24-9-6-7-13-27(24)28/h3-21H,1-2H3. The van der Waals surface area contributed by atoms with E-state index in [0.717, 1.165) is 28.1 Å². The molecule has 2 heterocycles. The monoisotopic (exact) mass is 531 g/mol. The van der Waals surface area contributed by atoms with Gasteiger partial charge in [0.05, 0.1) is 23.0 Å². The first-order valence-electron chi connectivity index (χ1n) is 13.3. The molecule has 0 N–H and O–H groups in total. The van der Waals surface area contributed by atoms with Gasteiger partial charge >= 0.3 is 0 Å². The van der Waals surface area contributed by atoms with Crippen LogP contribution >= 0.6 is 11.8 Å². The predicted molar refractivity (Wildman–Crippen MR) is 163 cm³/mol. The second kappa shape index (κ2) is 9.48. The molecular formula is C36H25N3S. The lowest BCUT2D eigenvalue weighted by atomic mass is 9.77. The van der Waals surface area contributed by atoms with Crippen LogP contribution in [0, 0.1) is 11.3 Å². The average molecular weight is 532 g/mol. The lowest BCUT2D eigenvalue weighted by molar-refractivity contribution is 0.607. The molecule has 6 aromatic rings. The molecule has 0 radical (unpaired) electrons. The van der Waals surface area contributed by atoms with Crippen molar-refractivity contribution in [3.8, 4) is 40.0 Å². The summed E-state index contributed by atoms with van der Waals surface area (Å²) >= 11 is 1.76. The summed E-state index contributed by atoms with van der Waals surface area (Å²) in [6, 6.07) is 42.1. The van der Waals surface area contributed by atoms with Crippen molar-refractivity contribution in [2.75, 3.05) is 0 Å². The number of aromatic nitrogens is 2. The summed E-state index contributed by atoms with van der Waals surface area (Å²) in [5, 5.41) is 11.8. The maximum atomic E-state index is 9.47. The Morgan fingerprint density at radius 2 is 1.43 bits per heavy atom. The number of rotatable bonds is 3. The fourth-order valence-electron chi connectivity index (χ4n) is 5.62. The van der Waals surface area contributed by atoms with Crippen LogP contribution in [-0.4, -0.2) is 9.97 Å². The molecule has 1 aromatic heterocycles. The first-order chi connectivity index (χ1) is 19.5. The minimum atomic E-state index is -0.212. The number of nitrogens with zero attached hydrogens (tertiary/aromatic N) is 3. The minimum absolute atomic E-state index is 0.212. The fraction of sp³-hybridized carbons (Fsp3) is 0.0833. The van der Waals surface area contributed by atoms with E-state index in [1.807, 2.05) is 30.3 Å². The highest BCUT2D eigenvalue weighted by Crippen LogP contribution is 2.50. The summed E-state index contributed by atoms with van der Waals surface area (Å²) in [4.78, 5) is 12.5. The van der Waals surface area contributed by atoms with Crippen molar-refractivity contribution in [1.29, 1.82) is 5.26 Å². The first-order valence-corrected chi connectivity index (χ1v) is 14.1. The van der Waals surface area contributed by atoms with E-state index in [-0.39, 0.29) is 5.41 Å². The molecule has 0 atom stereocenters. The molecule has 0 fully saturated rings. The van der Waals surface area contributed by atoms with E-state index in [4.69, 9.17) is 9.97 Å². The zero-order chi connectivity index (χ0) is 27.3. The highest BCUT2D eigenvalue weighted by Gasteiger charge is 2.33. The van der Waals surface area contributed by atoms with Gasteiger partial charge in [-0.3, -0.25) is 0 Å². The first kappa shape index (κ1) is 24.3. The molecule has 7 rings (SSSR count). The third-order valence-corrected chi connectivity index (χ3v) is 8.91. The molecule has 190 valence electrons. The van der Waals surface area contributed by atoms with Crippen LogP contribution in [0.1, 0.15) is 30.5 Å². The third kappa shape index (κ3) is 4.07. The number of benzene rings is 5. The minimum Gasteiger partial charge on any atom is -0.228 e. The van der Waals surface area contributed by atoms with E-state index in [9.17, 15) is 5.26 Å². The van der Waals surface area contributed by atoms with Gasteiger partial charge in [0.15, 0.2) is 5.82 Å². The van der Waals surface area contributed by atoms with E-state index >= 15 is 0 Å². The maximum Gasteiger partial charge on any atom is 0.160 e. The number of nitriles is 1. The summed E-state index contributed by atoms with van der Waals surface area (Å²) in [6.45, 7) is 4.48. The Labute approximate surface area is 238 Å². The third-order valence-electron chi connectivity index (χ3n) is 7.78. The average Bonchev–Trinajstić information content (AvgIpc) is 3.00. The van der Waals surface area contributed by atoms with Crippen LogP contribution in [-0.2, 0) is 5.41 Å². The van der Waals surface area contributed by atoms with Gasteiger partial charge in [0.1, 0.15) is 0 Å². The molecule has 5 aromatic carbocycles. The largest absolute Gasteiger partial charge is 0.228 e. The van der Waals surface area contributed by atoms with Gasteiger partial charge in [-0.2, -0.15) is 5.26 Å². The second-order valence-electron chi connectivity index (χ2n) is 10.6. The summed E-state index contributed by atoms with van der Waals surface area (Å²) in [7, 11) is 0. The van der Waals surface area contributed by atoms with Gasteiger partial charge < -0.3 is 0 Å². The van der Waals surface area contributed by atoms with Crippen molar-refractivity contribution in [3.63, 3.8) is 0 Å². The van der Waals surface area contributed by atoms with E-state index in [1.165, 1.54) is 31.7 Å². The Balaban J connectivity index is 1.40. The normalized spacial score (nSPS) is 13.3. The zero-order valence-corrected chi connectivity index (χ0v) is 23.0. The van der Waals surface area contributed by atoms with Gasteiger partial charge in [-0.05, 0) is 52.2 Å². The molecule has 40 heavy (non-hydrogen) atoms. The van der Waals surface area contributed by atoms with E-state index < -0.39 is 0 Å². The van der Waals surface area contributed by atoms with Gasteiger partial charge in [0, 0.05) is 31.9 Å². The highest BCUT2D eigenvalue weighted by molar-refractivity contribution is 7.99. The number of hydrogen-bond donors (Lipinski definition) is 0. The molecule has 0 amide bonds. The van der Waals surface area contributed by atoms with Crippen LogP contribution in [0.3, 0.4) is 0 Å². The van der Waals surface area contributed by atoms with Crippen LogP contribution in [0.25, 0.3) is 44.7 Å². The van der Waals surface area contributed by atoms with Gasteiger partial charge in [-0.25, -0.2) is 9.97 Å². The Morgan fingerprint density at radius 1 is 0.650 bits per heavy atom. The quantitative estimate of drug-likeness (QED) is 0.228. The predicted octanol–water partition coefficient (Wildman–Crippen LogP) is 9.29. The maximum absolute atomic E-state index is 9.47. The van der Waals surface area contributed by atoms with Crippen molar-refractivity contribution in [2.24, 2.45) is 0 Å². The Morgan fingerprint density at radius 3 is 2.27 bits per heavy atom. The Kier molecular flexibility index (Phi) is 5.77. The fourth-order valence-corrected chi connectivity index (χ4v) is 7.04. The van der Waals surface area contributed by atoms with Gasteiger partial charge in [0.25, 0.3) is 0 Å². The molecule has 0 spiro atoms. The lowest BCUT2D eigenvalue weighted by Gasteiger charge is -2.35. The molecule has 1 aliphatic rings. The van der Waals surface area contributed by atoms with E-state index in [0.29, 0.717) is 11.4 Å². The molecule has 4 heteroatoms. The molecule has 1 aliphatic heterocycles. The second-order valence-corrected chi connectivity index (χ2v) is 11.7. The van der Waals surface area contributed by atoms with Crippen molar-refractivity contribution >= 4 is 22.5 Å². The van der Waals surface area contributed by atoms with Crippen molar-refractivity contribution in [2.45, 2.75) is 29.1 Å². The van der Waals surface area contributed by atoms with E-state index in [1.54, 1.807) is 11.8 Å². The summed E-state index contributed by atoms with van der Waals surface area (Å²) in [5.74, 6) is 0.709. The van der Waals surface area contributed by atoms with Crippen molar-refractivity contribution in [1.82, 2.24) is 9.97 Å².